The van der Waals surface area contributed by atoms with Crippen LogP contribution in [0.3, 0.4) is 0 Å². The van der Waals surface area contributed by atoms with Crippen LogP contribution >= 0.6 is 11.3 Å². The summed E-state index contributed by atoms with van der Waals surface area (Å²) in [4.78, 5) is 8.19. The van der Waals surface area contributed by atoms with Crippen LogP contribution < -0.4 is 10.2 Å². The number of hydrogen-bond acceptors (Lipinski definition) is 4. The predicted octanol–water partition coefficient (Wildman–Crippen LogP) is 3.67. The van der Waals surface area contributed by atoms with E-state index in [0.717, 1.165) is 31.3 Å². The lowest BCUT2D eigenvalue weighted by molar-refractivity contribution is 0.681. The van der Waals surface area contributed by atoms with Crippen LogP contribution in [0.5, 0.6) is 0 Å². The maximum atomic E-state index is 4.57. The topological polar surface area (TPSA) is 28.2 Å². The Morgan fingerprint density at radius 3 is 2.70 bits per heavy atom. The first kappa shape index (κ1) is 15.0. The van der Waals surface area contributed by atoms with Crippen molar-refractivity contribution in [1.29, 1.82) is 0 Å². The van der Waals surface area contributed by atoms with Crippen LogP contribution in [-0.2, 0) is 13.1 Å². The molecule has 1 heterocycles. The van der Waals surface area contributed by atoms with Gasteiger partial charge in [0.25, 0.3) is 0 Å². The Labute approximate surface area is 125 Å². The molecule has 0 amide bonds. The largest absolute Gasteiger partial charge is 0.344 e. The van der Waals surface area contributed by atoms with E-state index in [1.165, 1.54) is 16.9 Å². The minimum Gasteiger partial charge on any atom is -0.344 e. The first-order valence-corrected chi connectivity index (χ1v) is 8.09. The van der Waals surface area contributed by atoms with Gasteiger partial charge in [-0.2, -0.15) is 0 Å². The van der Waals surface area contributed by atoms with Crippen LogP contribution in [0.4, 0.5) is 5.13 Å². The van der Waals surface area contributed by atoms with Crippen LogP contribution in [0.2, 0.25) is 0 Å². The molecule has 108 valence electrons. The van der Waals surface area contributed by atoms with Crippen LogP contribution in [0, 0.1) is 0 Å². The standard InChI is InChI=1S/C16H23N3S/c1-3-10-17-11-15-12-18-16(20-15)19(4-2)13-14-8-6-5-7-9-14/h5-9,12,17H,3-4,10-11,13H2,1-2H3. The van der Waals surface area contributed by atoms with Gasteiger partial charge in [-0.15, -0.1) is 11.3 Å². The molecule has 4 heteroatoms. The van der Waals surface area contributed by atoms with Gasteiger partial charge in [0.05, 0.1) is 0 Å². The highest BCUT2D eigenvalue weighted by atomic mass is 32.1. The van der Waals surface area contributed by atoms with Crippen molar-refractivity contribution in [3.8, 4) is 0 Å². The van der Waals surface area contributed by atoms with Gasteiger partial charge in [0.1, 0.15) is 0 Å². The van der Waals surface area contributed by atoms with Gasteiger partial charge >= 0.3 is 0 Å². The van der Waals surface area contributed by atoms with Crippen molar-refractivity contribution < 1.29 is 0 Å². The van der Waals surface area contributed by atoms with Crippen LogP contribution in [-0.4, -0.2) is 18.1 Å². The second kappa shape index (κ2) is 8.02. The molecule has 0 radical (unpaired) electrons. The highest BCUT2D eigenvalue weighted by Gasteiger charge is 2.10. The van der Waals surface area contributed by atoms with E-state index in [9.17, 15) is 0 Å². The van der Waals surface area contributed by atoms with Crippen molar-refractivity contribution in [3.05, 3.63) is 47.0 Å². The molecular formula is C16H23N3S. The number of nitrogens with one attached hydrogen (secondary N) is 1. The summed E-state index contributed by atoms with van der Waals surface area (Å²) in [6.45, 7) is 8.25. The predicted molar refractivity (Wildman–Crippen MR) is 87.3 cm³/mol. The van der Waals surface area contributed by atoms with Crippen molar-refractivity contribution in [2.24, 2.45) is 0 Å². The zero-order chi connectivity index (χ0) is 14.2. The second-order valence-electron chi connectivity index (χ2n) is 4.79. The monoisotopic (exact) mass is 289 g/mol. The van der Waals surface area contributed by atoms with E-state index in [4.69, 9.17) is 0 Å². The van der Waals surface area contributed by atoms with Crippen LogP contribution in [0.1, 0.15) is 30.7 Å². The highest BCUT2D eigenvalue weighted by Crippen LogP contribution is 2.23. The average molecular weight is 289 g/mol. The lowest BCUT2D eigenvalue weighted by atomic mass is 10.2. The molecule has 0 aliphatic carbocycles. The Hall–Kier alpha value is -1.39. The molecule has 0 fully saturated rings. The Balaban J connectivity index is 1.97. The molecule has 0 unspecified atom stereocenters. The fourth-order valence-electron chi connectivity index (χ4n) is 2.03. The zero-order valence-corrected chi connectivity index (χ0v) is 13.1. The van der Waals surface area contributed by atoms with Crippen LogP contribution in [0.25, 0.3) is 0 Å². The van der Waals surface area contributed by atoms with Gasteiger partial charge in [-0.3, -0.25) is 0 Å². The van der Waals surface area contributed by atoms with E-state index in [2.05, 4.69) is 59.4 Å². The lowest BCUT2D eigenvalue weighted by Gasteiger charge is -2.19. The molecule has 2 aromatic rings. The van der Waals surface area contributed by atoms with Gasteiger partial charge in [-0.05, 0) is 25.5 Å². The molecule has 20 heavy (non-hydrogen) atoms. The molecule has 1 aromatic heterocycles. The Morgan fingerprint density at radius 2 is 2.00 bits per heavy atom. The van der Waals surface area contributed by atoms with Crippen molar-refractivity contribution in [2.45, 2.75) is 33.4 Å². The molecule has 0 atom stereocenters. The van der Waals surface area contributed by atoms with Crippen molar-refractivity contribution >= 4 is 16.5 Å². The Kier molecular flexibility index (Phi) is 6.02. The van der Waals surface area contributed by atoms with Gasteiger partial charge in [0, 0.05) is 30.7 Å². The summed E-state index contributed by atoms with van der Waals surface area (Å²) in [6, 6.07) is 10.6. The highest BCUT2D eigenvalue weighted by molar-refractivity contribution is 7.15. The maximum Gasteiger partial charge on any atom is 0.185 e. The van der Waals surface area contributed by atoms with Gasteiger partial charge < -0.3 is 10.2 Å². The fourth-order valence-corrected chi connectivity index (χ4v) is 2.97. The smallest absolute Gasteiger partial charge is 0.185 e. The van der Waals surface area contributed by atoms with Crippen molar-refractivity contribution in [1.82, 2.24) is 10.3 Å². The molecule has 0 aliphatic rings. The van der Waals surface area contributed by atoms with Crippen molar-refractivity contribution in [3.63, 3.8) is 0 Å². The maximum absolute atomic E-state index is 4.57. The van der Waals surface area contributed by atoms with Gasteiger partial charge in [0.2, 0.25) is 0 Å². The fraction of sp³-hybridized carbons (Fsp3) is 0.438. The molecule has 0 saturated heterocycles. The summed E-state index contributed by atoms with van der Waals surface area (Å²) in [7, 11) is 0. The van der Waals surface area contributed by atoms with E-state index in [0.29, 0.717) is 0 Å². The van der Waals surface area contributed by atoms with Gasteiger partial charge in [0.15, 0.2) is 5.13 Å². The Bertz CT molecular complexity index is 495. The average Bonchev–Trinajstić information content (AvgIpc) is 2.95. The van der Waals surface area contributed by atoms with E-state index in [1.807, 2.05) is 6.20 Å². The summed E-state index contributed by atoms with van der Waals surface area (Å²) in [5.74, 6) is 0. The molecule has 0 saturated carbocycles. The number of thiazole rings is 1. The SMILES string of the molecule is CCCNCc1cnc(N(CC)Cc2ccccc2)s1. The van der Waals surface area contributed by atoms with Gasteiger partial charge in [-0.25, -0.2) is 4.98 Å². The third kappa shape index (κ3) is 4.32. The molecule has 1 N–H and O–H groups in total. The summed E-state index contributed by atoms with van der Waals surface area (Å²) in [5, 5.41) is 4.54. The quantitative estimate of drug-likeness (QED) is 0.752. The van der Waals surface area contributed by atoms with E-state index < -0.39 is 0 Å². The van der Waals surface area contributed by atoms with E-state index in [1.54, 1.807) is 11.3 Å². The number of benzene rings is 1. The summed E-state index contributed by atoms with van der Waals surface area (Å²) < 4.78 is 0. The molecule has 0 spiro atoms. The molecular weight excluding hydrogens is 266 g/mol. The molecule has 0 aliphatic heterocycles. The zero-order valence-electron chi connectivity index (χ0n) is 12.3. The second-order valence-corrected chi connectivity index (χ2v) is 5.88. The first-order valence-electron chi connectivity index (χ1n) is 7.27. The number of aromatic nitrogens is 1. The number of anilines is 1. The third-order valence-electron chi connectivity index (χ3n) is 3.14. The van der Waals surface area contributed by atoms with Crippen LogP contribution in [0.15, 0.2) is 36.5 Å². The summed E-state index contributed by atoms with van der Waals surface area (Å²) in [5.41, 5.74) is 1.33. The molecule has 1 aromatic carbocycles. The summed E-state index contributed by atoms with van der Waals surface area (Å²) in [6.07, 6.45) is 3.16. The van der Waals surface area contributed by atoms with Gasteiger partial charge in [-0.1, -0.05) is 37.3 Å². The third-order valence-corrected chi connectivity index (χ3v) is 4.19. The molecule has 0 bridgehead atoms. The number of hydrogen-bond donors (Lipinski definition) is 1. The minimum absolute atomic E-state index is 0.923. The lowest BCUT2D eigenvalue weighted by Crippen LogP contribution is -2.21. The molecule has 2 rings (SSSR count). The number of rotatable bonds is 8. The summed E-state index contributed by atoms with van der Waals surface area (Å²) >= 11 is 1.79. The Morgan fingerprint density at radius 1 is 1.20 bits per heavy atom. The molecule has 3 nitrogen and oxygen atoms in total. The minimum atomic E-state index is 0.923. The van der Waals surface area contributed by atoms with E-state index >= 15 is 0 Å². The number of nitrogens with zero attached hydrogens (tertiary/aromatic N) is 2. The van der Waals surface area contributed by atoms with Crippen molar-refractivity contribution in [2.75, 3.05) is 18.0 Å². The first-order chi connectivity index (χ1) is 9.83. The van der Waals surface area contributed by atoms with E-state index in [-0.39, 0.29) is 0 Å². The normalized spacial score (nSPS) is 10.7.